The number of hydrogen-bond acceptors (Lipinski definition) is 5. The van der Waals surface area contributed by atoms with E-state index in [0.29, 0.717) is 6.42 Å². The van der Waals surface area contributed by atoms with Gasteiger partial charge in [-0.25, -0.2) is 4.98 Å². The highest BCUT2D eigenvalue weighted by Crippen LogP contribution is 2.24. The molecule has 1 fully saturated rings. The summed E-state index contributed by atoms with van der Waals surface area (Å²) in [6.07, 6.45) is 0.528. The molecule has 22 heavy (non-hydrogen) atoms. The highest BCUT2D eigenvalue weighted by atomic mass is 32.2. The Bertz CT molecular complexity index is 633. The predicted molar refractivity (Wildman–Crippen MR) is 94.6 cm³/mol. The van der Waals surface area contributed by atoms with Crippen LogP contribution in [-0.2, 0) is 4.79 Å². The number of aromatic nitrogens is 1. The number of carbonyl (C=O) groups is 1. The molecule has 0 aliphatic carbocycles. The molecule has 1 aliphatic rings. The first kappa shape index (κ1) is 15.5. The monoisotopic (exact) mass is 333 g/mol. The molecule has 2 heterocycles. The summed E-state index contributed by atoms with van der Waals surface area (Å²) in [6, 6.07) is 8.17. The molecule has 1 atom stereocenters. The van der Waals surface area contributed by atoms with E-state index in [1.807, 2.05) is 48.3 Å². The van der Waals surface area contributed by atoms with Crippen molar-refractivity contribution < 1.29 is 4.79 Å². The van der Waals surface area contributed by atoms with Crippen molar-refractivity contribution in [1.29, 1.82) is 0 Å². The van der Waals surface area contributed by atoms with Crippen LogP contribution in [0.15, 0.2) is 29.6 Å². The number of amides is 1. The van der Waals surface area contributed by atoms with Crippen LogP contribution in [0.1, 0.15) is 12.1 Å². The van der Waals surface area contributed by atoms with Crippen molar-refractivity contribution in [3.63, 3.8) is 0 Å². The number of anilines is 1. The maximum absolute atomic E-state index is 12.1. The van der Waals surface area contributed by atoms with E-state index in [0.717, 1.165) is 40.0 Å². The Morgan fingerprint density at radius 1 is 1.41 bits per heavy atom. The molecule has 6 heteroatoms. The number of thiazole rings is 1. The molecule has 116 valence electrons. The third-order valence-electron chi connectivity index (χ3n) is 3.46. The Hall–Kier alpha value is -1.37. The lowest BCUT2D eigenvalue weighted by atomic mass is 10.2. The lowest BCUT2D eigenvalue weighted by Crippen LogP contribution is -2.39. The van der Waals surface area contributed by atoms with E-state index in [1.165, 1.54) is 0 Å². The fraction of sp³-hybridized carbons (Fsp3) is 0.375. The first-order valence-electron chi connectivity index (χ1n) is 7.34. The number of rotatable bonds is 4. The highest BCUT2D eigenvalue weighted by Gasteiger charge is 2.16. The number of hydrogen-bond donors (Lipinski definition) is 2. The largest absolute Gasteiger partial charge is 0.326 e. The summed E-state index contributed by atoms with van der Waals surface area (Å²) >= 11 is 3.54. The van der Waals surface area contributed by atoms with Crippen molar-refractivity contribution in [3.05, 3.63) is 35.3 Å². The van der Waals surface area contributed by atoms with E-state index in [4.69, 9.17) is 0 Å². The Kier molecular flexibility index (Phi) is 5.12. The molecule has 0 saturated carbocycles. The van der Waals surface area contributed by atoms with Gasteiger partial charge in [-0.3, -0.25) is 4.79 Å². The molecule has 1 aromatic carbocycles. The van der Waals surface area contributed by atoms with Gasteiger partial charge >= 0.3 is 0 Å². The van der Waals surface area contributed by atoms with Crippen LogP contribution in [0.5, 0.6) is 0 Å². The number of aryl methyl sites for hydroxylation is 1. The molecule has 4 nitrogen and oxygen atoms in total. The molecule has 0 radical (unpaired) electrons. The molecular weight excluding hydrogens is 314 g/mol. The second-order valence-corrected chi connectivity index (χ2v) is 7.36. The standard InChI is InChI=1S/C16H19N3OS2/c1-11-9-22-16(18-11)12-2-4-13(5-3-12)19-15(20)8-14-10-21-7-6-17-14/h2-5,9,14,17H,6-8,10H2,1H3,(H,19,20). The summed E-state index contributed by atoms with van der Waals surface area (Å²) in [5, 5.41) is 9.40. The van der Waals surface area contributed by atoms with Gasteiger partial charge in [-0.1, -0.05) is 0 Å². The summed E-state index contributed by atoms with van der Waals surface area (Å²) in [4.78, 5) is 16.5. The van der Waals surface area contributed by atoms with Gasteiger partial charge in [-0.2, -0.15) is 11.8 Å². The average molecular weight is 333 g/mol. The van der Waals surface area contributed by atoms with E-state index in [-0.39, 0.29) is 11.9 Å². The van der Waals surface area contributed by atoms with E-state index in [2.05, 4.69) is 15.6 Å². The maximum atomic E-state index is 12.1. The predicted octanol–water partition coefficient (Wildman–Crippen LogP) is 3.15. The quantitative estimate of drug-likeness (QED) is 0.902. The van der Waals surface area contributed by atoms with Crippen LogP contribution in [0.2, 0.25) is 0 Å². The van der Waals surface area contributed by atoms with Crippen molar-refractivity contribution in [2.24, 2.45) is 0 Å². The summed E-state index contributed by atoms with van der Waals surface area (Å²) in [5.41, 5.74) is 2.96. The number of carbonyl (C=O) groups excluding carboxylic acids is 1. The topological polar surface area (TPSA) is 54.0 Å². The van der Waals surface area contributed by atoms with Gasteiger partial charge in [0.25, 0.3) is 0 Å². The molecule has 1 aromatic heterocycles. The fourth-order valence-electron chi connectivity index (χ4n) is 2.37. The van der Waals surface area contributed by atoms with Crippen LogP contribution < -0.4 is 10.6 Å². The van der Waals surface area contributed by atoms with Crippen LogP contribution in [0, 0.1) is 6.92 Å². The normalized spacial score (nSPS) is 18.1. The van der Waals surface area contributed by atoms with Gasteiger partial charge < -0.3 is 10.6 Å². The summed E-state index contributed by atoms with van der Waals surface area (Å²) < 4.78 is 0. The molecule has 1 saturated heterocycles. The number of nitrogens with zero attached hydrogens (tertiary/aromatic N) is 1. The molecule has 1 aliphatic heterocycles. The second kappa shape index (κ2) is 7.26. The Morgan fingerprint density at radius 2 is 2.23 bits per heavy atom. The second-order valence-electron chi connectivity index (χ2n) is 5.35. The fourth-order valence-corrected chi connectivity index (χ4v) is 4.12. The molecule has 1 amide bonds. The third-order valence-corrected chi connectivity index (χ3v) is 5.60. The van der Waals surface area contributed by atoms with Crippen molar-refractivity contribution in [2.45, 2.75) is 19.4 Å². The molecule has 3 rings (SSSR count). The zero-order chi connectivity index (χ0) is 15.4. The van der Waals surface area contributed by atoms with E-state index in [1.54, 1.807) is 11.3 Å². The molecular formula is C16H19N3OS2. The van der Waals surface area contributed by atoms with Crippen molar-refractivity contribution in [3.8, 4) is 10.6 Å². The minimum atomic E-state index is 0.0674. The lowest BCUT2D eigenvalue weighted by molar-refractivity contribution is -0.116. The molecule has 2 N–H and O–H groups in total. The van der Waals surface area contributed by atoms with E-state index < -0.39 is 0 Å². The minimum Gasteiger partial charge on any atom is -0.326 e. The molecule has 0 spiro atoms. The van der Waals surface area contributed by atoms with Gasteiger partial charge in [-0.05, 0) is 31.2 Å². The van der Waals surface area contributed by atoms with Gasteiger partial charge in [0.05, 0.1) is 0 Å². The molecule has 0 bridgehead atoms. The Morgan fingerprint density at radius 3 is 2.86 bits per heavy atom. The van der Waals surface area contributed by atoms with E-state index >= 15 is 0 Å². The highest BCUT2D eigenvalue weighted by molar-refractivity contribution is 7.99. The summed E-state index contributed by atoms with van der Waals surface area (Å²) in [5.74, 6) is 2.21. The molecule has 1 unspecified atom stereocenters. The number of nitrogens with one attached hydrogen (secondary N) is 2. The van der Waals surface area contributed by atoms with Crippen LogP contribution in [0.4, 0.5) is 5.69 Å². The first-order chi connectivity index (χ1) is 10.7. The Balaban J connectivity index is 1.57. The summed E-state index contributed by atoms with van der Waals surface area (Å²) in [7, 11) is 0. The van der Waals surface area contributed by atoms with Crippen molar-refractivity contribution in [2.75, 3.05) is 23.4 Å². The van der Waals surface area contributed by atoms with Crippen LogP contribution in [-0.4, -0.2) is 35.0 Å². The smallest absolute Gasteiger partial charge is 0.225 e. The van der Waals surface area contributed by atoms with Gasteiger partial charge in [0.1, 0.15) is 5.01 Å². The van der Waals surface area contributed by atoms with Gasteiger partial charge in [0, 0.05) is 52.8 Å². The van der Waals surface area contributed by atoms with Crippen molar-refractivity contribution >= 4 is 34.7 Å². The van der Waals surface area contributed by atoms with Crippen molar-refractivity contribution in [1.82, 2.24) is 10.3 Å². The van der Waals surface area contributed by atoms with Crippen LogP contribution >= 0.6 is 23.1 Å². The summed E-state index contributed by atoms with van der Waals surface area (Å²) in [6.45, 7) is 2.98. The zero-order valence-electron chi connectivity index (χ0n) is 12.5. The Labute approximate surface area is 138 Å². The molecule has 2 aromatic rings. The zero-order valence-corrected chi connectivity index (χ0v) is 14.1. The average Bonchev–Trinajstić information content (AvgIpc) is 2.95. The first-order valence-corrected chi connectivity index (χ1v) is 9.38. The number of benzene rings is 1. The van der Waals surface area contributed by atoms with Gasteiger partial charge in [-0.15, -0.1) is 11.3 Å². The SMILES string of the molecule is Cc1csc(-c2ccc(NC(=O)CC3CSCCN3)cc2)n1. The van der Waals surface area contributed by atoms with Crippen LogP contribution in [0.3, 0.4) is 0 Å². The third kappa shape index (κ3) is 4.09. The lowest BCUT2D eigenvalue weighted by Gasteiger charge is -2.22. The number of thioether (sulfide) groups is 1. The van der Waals surface area contributed by atoms with Gasteiger partial charge in [0.2, 0.25) is 5.91 Å². The maximum Gasteiger partial charge on any atom is 0.225 e. The minimum absolute atomic E-state index is 0.0674. The van der Waals surface area contributed by atoms with E-state index in [9.17, 15) is 4.79 Å². The van der Waals surface area contributed by atoms with Gasteiger partial charge in [0.15, 0.2) is 0 Å². The van der Waals surface area contributed by atoms with Crippen LogP contribution in [0.25, 0.3) is 10.6 Å².